The maximum absolute atomic E-state index is 13.5. The highest BCUT2D eigenvalue weighted by Crippen LogP contribution is 2.21. The van der Waals surface area contributed by atoms with Gasteiger partial charge in [0.1, 0.15) is 11.6 Å². The Morgan fingerprint density at radius 1 is 1.15 bits per heavy atom. The molecule has 0 saturated carbocycles. The fourth-order valence-electron chi connectivity index (χ4n) is 2.03. The number of benzene rings is 2. The summed E-state index contributed by atoms with van der Waals surface area (Å²) in [5.74, 6) is -1.39. The molecule has 4 heteroatoms. The monoisotopic (exact) mass is 277 g/mol. The lowest BCUT2D eigenvalue weighted by Gasteiger charge is -2.16. The molecule has 0 bridgehead atoms. The number of aryl methyl sites for hydroxylation is 1. The van der Waals surface area contributed by atoms with Gasteiger partial charge in [0, 0.05) is 23.9 Å². The van der Waals surface area contributed by atoms with Gasteiger partial charge in [-0.15, -0.1) is 0 Å². The Morgan fingerprint density at radius 2 is 1.90 bits per heavy atom. The molecule has 0 aromatic heterocycles. The molecule has 2 N–H and O–H groups in total. The van der Waals surface area contributed by atoms with Gasteiger partial charge in [0.2, 0.25) is 0 Å². The van der Waals surface area contributed by atoms with Crippen molar-refractivity contribution in [3.05, 3.63) is 64.7 Å². The normalized spacial score (nSPS) is 12.2. The summed E-state index contributed by atoms with van der Waals surface area (Å²) in [6.45, 7) is 4.13. The fraction of sp³-hybridized carbons (Fsp3) is 0.250. The number of hydrogen-bond donors (Lipinski definition) is 2. The molecular formula is C16H17F2NO. The first-order chi connectivity index (χ1) is 9.49. The maximum atomic E-state index is 13.5. The van der Waals surface area contributed by atoms with Crippen molar-refractivity contribution in [1.29, 1.82) is 0 Å². The van der Waals surface area contributed by atoms with Crippen LogP contribution >= 0.6 is 0 Å². The maximum Gasteiger partial charge on any atom is 0.131 e. The Bertz CT molecular complexity index is 613. The van der Waals surface area contributed by atoms with E-state index in [-0.39, 0.29) is 12.1 Å². The lowest BCUT2D eigenvalue weighted by Crippen LogP contribution is -2.14. The van der Waals surface area contributed by atoms with Crippen LogP contribution < -0.4 is 5.32 Å². The minimum Gasteiger partial charge on any atom is -0.386 e. The van der Waals surface area contributed by atoms with E-state index in [0.717, 1.165) is 28.9 Å². The zero-order valence-electron chi connectivity index (χ0n) is 11.5. The smallest absolute Gasteiger partial charge is 0.131 e. The van der Waals surface area contributed by atoms with Gasteiger partial charge in [0.15, 0.2) is 0 Å². The first-order valence-electron chi connectivity index (χ1n) is 6.42. The molecule has 106 valence electrons. The molecule has 20 heavy (non-hydrogen) atoms. The fourth-order valence-corrected chi connectivity index (χ4v) is 2.03. The molecule has 2 aromatic rings. The molecule has 0 amide bonds. The summed E-state index contributed by atoms with van der Waals surface area (Å²) in [4.78, 5) is 0. The van der Waals surface area contributed by atoms with E-state index in [9.17, 15) is 13.9 Å². The molecule has 0 heterocycles. The van der Waals surface area contributed by atoms with E-state index < -0.39 is 17.7 Å². The summed E-state index contributed by atoms with van der Waals surface area (Å²) in [6.07, 6.45) is -1.03. The van der Waals surface area contributed by atoms with Gasteiger partial charge in [0.25, 0.3) is 0 Å². The molecule has 0 radical (unpaired) electrons. The second-order valence-corrected chi connectivity index (χ2v) is 4.81. The summed E-state index contributed by atoms with van der Waals surface area (Å²) in [5.41, 5.74) is 3.20. The Labute approximate surface area is 117 Å². The van der Waals surface area contributed by atoms with Crippen LogP contribution in [0.2, 0.25) is 0 Å². The zero-order valence-corrected chi connectivity index (χ0v) is 11.5. The van der Waals surface area contributed by atoms with E-state index in [1.165, 1.54) is 6.07 Å². The standard InChI is InChI=1S/C16H17F2NO/c1-10-4-3-5-15(11(10)2)19-9-16(20)13-7-6-12(17)8-14(13)18/h3-8,16,19-20H,9H2,1-2H3. The third-order valence-corrected chi connectivity index (χ3v) is 3.41. The first kappa shape index (κ1) is 14.5. The molecule has 1 atom stereocenters. The molecule has 0 aliphatic heterocycles. The van der Waals surface area contributed by atoms with Crippen LogP contribution in [0.25, 0.3) is 0 Å². The summed E-state index contributed by atoms with van der Waals surface area (Å²) in [7, 11) is 0. The van der Waals surface area contributed by atoms with Crippen LogP contribution in [0.1, 0.15) is 22.8 Å². The number of aliphatic hydroxyl groups excluding tert-OH is 1. The highest BCUT2D eigenvalue weighted by atomic mass is 19.1. The van der Waals surface area contributed by atoms with E-state index >= 15 is 0 Å². The van der Waals surface area contributed by atoms with Crippen LogP contribution in [0.5, 0.6) is 0 Å². The van der Waals surface area contributed by atoms with Gasteiger partial charge in [-0.1, -0.05) is 18.2 Å². The van der Waals surface area contributed by atoms with Crippen molar-refractivity contribution in [1.82, 2.24) is 0 Å². The van der Waals surface area contributed by atoms with Crippen molar-refractivity contribution >= 4 is 5.69 Å². The Hall–Kier alpha value is -1.94. The van der Waals surface area contributed by atoms with Gasteiger partial charge < -0.3 is 10.4 Å². The average Bonchev–Trinajstić information content (AvgIpc) is 2.40. The van der Waals surface area contributed by atoms with Crippen LogP contribution in [0.15, 0.2) is 36.4 Å². The van der Waals surface area contributed by atoms with Gasteiger partial charge in [-0.05, 0) is 37.1 Å². The summed E-state index contributed by atoms with van der Waals surface area (Å²) < 4.78 is 26.4. The minimum absolute atomic E-state index is 0.0872. The van der Waals surface area contributed by atoms with E-state index in [4.69, 9.17) is 0 Å². The Balaban J connectivity index is 2.08. The number of rotatable bonds is 4. The number of nitrogens with one attached hydrogen (secondary N) is 1. The van der Waals surface area contributed by atoms with Gasteiger partial charge in [0.05, 0.1) is 6.10 Å². The average molecular weight is 277 g/mol. The van der Waals surface area contributed by atoms with Crippen LogP contribution in [0.3, 0.4) is 0 Å². The molecule has 0 aliphatic carbocycles. The highest BCUT2D eigenvalue weighted by Gasteiger charge is 2.13. The van der Waals surface area contributed by atoms with E-state index in [0.29, 0.717) is 0 Å². The molecular weight excluding hydrogens is 260 g/mol. The predicted molar refractivity (Wildman–Crippen MR) is 75.7 cm³/mol. The minimum atomic E-state index is -1.03. The number of anilines is 1. The highest BCUT2D eigenvalue weighted by molar-refractivity contribution is 5.53. The Morgan fingerprint density at radius 3 is 2.60 bits per heavy atom. The molecule has 2 nitrogen and oxygen atoms in total. The van der Waals surface area contributed by atoms with Crippen molar-refractivity contribution < 1.29 is 13.9 Å². The third kappa shape index (κ3) is 3.14. The first-order valence-corrected chi connectivity index (χ1v) is 6.42. The van der Waals surface area contributed by atoms with E-state index in [1.807, 2.05) is 32.0 Å². The third-order valence-electron chi connectivity index (χ3n) is 3.41. The molecule has 0 fully saturated rings. The molecule has 2 aromatic carbocycles. The van der Waals surface area contributed by atoms with Crippen LogP contribution in [0.4, 0.5) is 14.5 Å². The largest absolute Gasteiger partial charge is 0.386 e. The Kier molecular flexibility index (Phi) is 4.35. The zero-order chi connectivity index (χ0) is 14.7. The van der Waals surface area contributed by atoms with Crippen molar-refractivity contribution in [2.75, 3.05) is 11.9 Å². The number of halogens is 2. The molecule has 0 aliphatic rings. The van der Waals surface area contributed by atoms with Crippen molar-refractivity contribution in [3.63, 3.8) is 0 Å². The molecule has 0 spiro atoms. The van der Waals surface area contributed by atoms with Crippen molar-refractivity contribution in [3.8, 4) is 0 Å². The SMILES string of the molecule is Cc1cccc(NCC(O)c2ccc(F)cc2F)c1C. The van der Waals surface area contributed by atoms with Crippen LogP contribution in [0, 0.1) is 25.5 Å². The van der Waals surface area contributed by atoms with Crippen molar-refractivity contribution in [2.45, 2.75) is 20.0 Å². The van der Waals surface area contributed by atoms with Gasteiger partial charge in [-0.3, -0.25) is 0 Å². The molecule has 2 rings (SSSR count). The van der Waals surface area contributed by atoms with Gasteiger partial charge in [-0.25, -0.2) is 8.78 Å². The summed E-state index contributed by atoms with van der Waals surface area (Å²) >= 11 is 0. The topological polar surface area (TPSA) is 32.3 Å². The summed E-state index contributed by atoms with van der Waals surface area (Å²) in [5, 5.41) is 13.1. The predicted octanol–water partition coefficient (Wildman–Crippen LogP) is 3.73. The molecule has 0 saturated heterocycles. The van der Waals surface area contributed by atoms with Crippen LogP contribution in [-0.4, -0.2) is 11.7 Å². The van der Waals surface area contributed by atoms with E-state index in [2.05, 4.69) is 5.32 Å². The lowest BCUT2D eigenvalue weighted by molar-refractivity contribution is 0.186. The van der Waals surface area contributed by atoms with Crippen molar-refractivity contribution in [2.24, 2.45) is 0 Å². The number of hydrogen-bond acceptors (Lipinski definition) is 2. The van der Waals surface area contributed by atoms with Gasteiger partial charge in [-0.2, -0.15) is 0 Å². The second-order valence-electron chi connectivity index (χ2n) is 4.81. The van der Waals surface area contributed by atoms with Crippen LogP contribution in [-0.2, 0) is 0 Å². The van der Waals surface area contributed by atoms with Gasteiger partial charge >= 0.3 is 0 Å². The molecule has 1 unspecified atom stereocenters. The summed E-state index contributed by atoms with van der Waals surface area (Å²) in [6, 6.07) is 8.98. The quantitative estimate of drug-likeness (QED) is 0.892. The number of aliphatic hydroxyl groups is 1. The second kappa shape index (κ2) is 6.01. The van der Waals surface area contributed by atoms with E-state index in [1.54, 1.807) is 0 Å². The lowest BCUT2D eigenvalue weighted by atomic mass is 10.1.